The molecular formula is C12H10ClN. The third kappa shape index (κ3) is 1.94. The highest BCUT2D eigenvalue weighted by molar-refractivity contribution is 6.16. The average molecular weight is 204 g/mol. The molecule has 2 heteroatoms. The minimum Gasteiger partial charge on any atom is -0.259 e. The molecule has 0 spiro atoms. The number of aromatic nitrogens is 1. The summed E-state index contributed by atoms with van der Waals surface area (Å²) in [6.07, 6.45) is 1.85. The van der Waals surface area contributed by atoms with Gasteiger partial charge in [-0.05, 0) is 11.6 Å². The van der Waals surface area contributed by atoms with Crippen molar-refractivity contribution in [3.63, 3.8) is 0 Å². The number of pyridine rings is 1. The molecular weight excluding hydrogens is 194 g/mol. The summed E-state index contributed by atoms with van der Waals surface area (Å²) in [4.78, 5) is 4.24. The second kappa shape index (κ2) is 4.25. The first-order chi connectivity index (χ1) is 6.90. The Morgan fingerprint density at radius 3 is 2.29 bits per heavy atom. The molecule has 1 aromatic heterocycles. The SMILES string of the molecule is ClCc1ccc(-c2ccccc2)cn1. The van der Waals surface area contributed by atoms with Crippen molar-refractivity contribution in [1.29, 1.82) is 0 Å². The van der Waals surface area contributed by atoms with Gasteiger partial charge in [-0.15, -0.1) is 11.6 Å². The van der Waals surface area contributed by atoms with Gasteiger partial charge in [-0.1, -0.05) is 36.4 Å². The Hall–Kier alpha value is -1.34. The number of alkyl halides is 1. The zero-order valence-corrected chi connectivity index (χ0v) is 8.41. The Bertz CT molecular complexity index is 394. The molecule has 1 aromatic carbocycles. The molecule has 0 fully saturated rings. The molecule has 0 aliphatic carbocycles. The maximum absolute atomic E-state index is 5.66. The van der Waals surface area contributed by atoms with Gasteiger partial charge in [0.15, 0.2) is 0 Å². The van der Waals surface area contributed by atoms with Crippen LogP contribution in [0.3, 0.4) is 0 Å². The van der Waals surface area contributed by atoms with Crippen molar-refractivity contribution >= 4 is 11.6 Å². The molecule has 1 nitrogen and oxygen atoms in total. The van der Waals surface area contributed by atoms with Gasteiger partial charge in [-0.25, -0.2) is 0 Å². The first-order valence-corrected chi connectivity index (χ1v) is 5.00. The lowest BCUT2D eigenvalue weighted by atomic mass is 10.1. The van der Waals surface area contributed by atoms with Crippen molar-refractivity contribution in [3.05, 3.63) is 54.4 Å². The molecule has 70 valence electrons. The number of nitrogens with zero attached hydrogens (tertiary/aromatic N) is 1. The highest BCUT2D eigenvalue weighted by Gasteiger charge is 1.96. The number of halogens is 1. The van der Waals surface area contributed by atoms with Crippen molar-refractivity contribution < 1.29 is 0 Å². The van der Waals surface area contributed by atoms with E-state index in [1.807, 2.05) is 36.5 Å². The predicted octanol–water partition coefficient (Wildman–Crippen LogP) is 3.49. The maximum atomic E-state index is 5.66. The van der Waals surface area contributed by atoms with Crippen LogP contribution in [0.25, 0.3) is 11.1 Å². The Labute approximate surface area is 88.4 Å². The molecule has 2 rings (SSSR count). The normalized spacial score (nSPS) is 10.1. The van der Waals surface area contributed by atoms with Gasteiger partial charge in [0.1, 0.15) is 0 Å². The van der Waals surface area contributed by atoms with E-state index in [4.69, 9.17) is 11.6 Å². The van der Waals surface area contributed by atoms with Gasteiger partial charge in [0.25, 0.3) is 0 Å². The highest BCUT2D eigenvalue weighted by Crippen LogP contribution is 2.17. The van der Waals surface area contributed by atoms with Crippen molar-refractivity contribution in [3.8, 4) is 11.1 Å². The molecule has 0 N–H and O–H groups in total. The Morgan fingerprint density at radius 1 is 0.929 bits per heavy atom. The lowest BCUT2D eigenvalue weighted by Crippen LogP contribution is -1.85. The van der Waals surface area contributed by atoms with Crippen LogP contribution in [-0.2, 0) is 5.88 Å². The Balaban J connectivity index is 2.34. The van der Waals surface area contributed by atoms with E-state index in [0.717, 1.165) is 11.3 Å². The molecule has 1 heterocycles. The standard InChI is InChI=1S/C12H10ClN/c13-8-12-7-6-11(9-14-12)10-4-2-1-3-5-10/h1-7,9H,8H2. The average Bonchev–Trinajstić information content (AvgIpc) is 2.30. The Morgan fingerprint density at radius 2 is 1.71 bits per heavy atom. The van der Waals surface area contributed by atoms with Gasteiger partial charge < -0.3 is 0 Å². The van der Waals surface area contributed by atoms with Crippen LogP contribution < -0.4 is 0 Å². The Kier molecular flexibility index (Phi) is 2.80. The van der Waals surface area contributed by atoms with Gasteiger partial charge in [-0.3, -0.25) is 4.98 Å². The third-order valence-corrected chi connectivity index (χ3v) is 2.34. The number of benzene rings is 1. The van der Waals surface area contributed by atoms with E-state index < -0.39 is 0 Å². The fourth-order valence-corrected chi connectivity index (χ4v) is 1.46. The van der Waals surface area contributed by atoms with Crippen molar-refractivity contribution in [2.75, 3.05) is 0 Å². The maximum Gasteiger partial charge on any atom is 0.0647 e. The predicted molar refractivity (Wildman–Crippen MR) is 59.2 cm³/mol. The summed E-state index contributed by atoms with van der Waals surface area (Å²) in [5, 5.41) is 0. The molecule has 0 aliphatic heterocycles. The second-order valence-electron chi connectivity index (χ2n) is 3.04. The second-order valence-corrected chi connectivity index (χ2v) is 3.31. The molecule has 14 heavy (non-hydrogen) atoms. The smallest absolute Gasteiger partial charge is 0.0647 e. The molecule has 0 saturated heterocycles. The van der Waals surface area contributed by atoms with Crippen LogP contribution in [0.2, 0.25) is 0 Å². The van der Waals surface area contributed by atoms with E-state index in [0.29, 0.717) is 5.88 Å². The number of rotatable bonds is 2. The fraction of sp³-hybridized carbons (Fsp3) is 0.0833. The van der Waals surface area contributed by atoms with E-state index in [9.17, 15) is 0 Å². The van der Waals surface area contributed by atoms with Crippen molar-refractivity contribution in [1.82, 2.24) is 4.98 Å². The molecule has 0 radical (unpaired) electrons. The largest absolute Gasteiger partial charge is 0.259 e. The molecule has 0 saturated carbocycles. The first kappa shape index (κ1) is 9.22. The fourth-order valence-electron chi connectivity index (χ4n) is 1.30. The zero-order valence-electron chi connectivity index (χ0n) is 7.65. The van der Waals surface area contributed by atoms with Crippen LogP contribution in [0.4, 0.5) is 0 Å². The van der Waals surface area contributed by atoms with E-state index in [1.165, 1.54) is 5.56 Å². The van der Waals surface area contributed by atoms with Crippen LogP contribution in [0, 0.1) is 0 Å². The topological polar surface area (TPSA) is 12.9 Å². The van der Waals surface area contributed by atoms with Gasteiger partial charge >= 0.3 is 0 Å². The quantitative estimate of drug-likeness (QED) is 0.681. The summed E-state index contributed by atoms with van der Waals surface area (Å²) in [6.45, 7) is 0. The summed E-state index contributed by atoms with van der Waals surface area (Å²) in [5.41, 5.74) is 3.21. The van der Waals surface area contributed by atoms with E-state index in [1.54, 1.807) is 0 Å². The van der Waals surface area contributed by atoms with Gasteiger partial charge in [-0.2, -0.15) is 0 Å². The minimum absolute atomic E-state index is 0.467. The summed E-state index contributed by atoms with van der Waals surface area (Å²) in [7, 11) is 0. The highest BCUT2D eigenvalue weighted by atomic mass is 35.5. The van der Waals surface area contributed by atoms with Gasteiger partial charge in [0.2, 0.25) is 0 Å². The van der Waals surface area contributed by atoms with Crippen LogP contribution in [0.15, 0.2) is 48.7 Å². The lowest BCUT2D eigenvalue weighted by Gasteiger charge is -2.00. The number of hydrogen-bond acceptors (Lipinski definition) is 1. The lowest BCUT2D eigenvalue weighted by molar-refractivity contribution is 1.17. The van der Waals surface area contributed by atoms with E-state index in [2.05, 4.69) is 17.1 Å². The summed E-state index contributed by atoms with van der Waals surface area (Å²) < 4.78 is 0. The summed E-state index contributed by atoms with van der Waals surface area (Å²) in [5.74, 6) is 0.467. The molecule has 0 atom stereocenters. The molecule has 0 aliphatic rings. The molecule has 0 amide bonds. The number of hydrogen-bond donors (Lipinski definition) is 0. The monoisotopic (exact) mass is 203 g/mol. The van der Waals surface area contributed by atoms with Gasteiger partial charge in [0.05, 0.1) is 11.6 Å². The van der Waals surface area contributed by atoms with Crippen LogP contribution in [0.1, 0.15) is 5.69 Å². The summed E-state index contributed by atoms with van der Waals surface area (Å²) in [6, 6.07) is 14.2. The van der Waals surface area contributed by atoms with E-state index in [-0.39, 0.29) is 0 Å². The molecule has 0 unspecified atom stereocenters. The van der Waals surface area contributed by atoms with Crippen LogP contribution in [0.5, 0.6) is 0 Å². The summed E-state index contributed by atoms with van der Waals surface area (Å²) >= 11 is 5.66. The van der Waals surface area contributed by atoms with Crippen LogP contribution in [-0.4, -0.2) is 4.98 Å². The van der Waals surface area contributed by atoms with Crippen molar-refractivity contribution in [2.45, 2.75) is 5.88 Å². The minimum atomic E-state index is 0.467. The van der Waals surface area contributed by atoms with Crippen molar-refractivity contribution in [2.24, 2.45) is 0 Å². The van der Waals surface area contributed by atoms with Crippen LogP contribution >= 0.6 is 11.6 Å². The first-order valence-electron chi connectivity index (χ1n) is 4.46. The third-order valence-electron chi connectivity index (χ3n) is 2.07. The van der Waals surface area contributed by atoms with E-state index >= 15 is 0 Å². The molecule has 0 bridgehead atoms. The molecule has 2 aromatic rings. The zero-order chi connectivity index (χ0) is 9.80. The van der Waals surface area contributed by atoms with Gasteiger partial charge in [0, 0.05) is 11.8 Å².